The van der Waals surface area contributed by atoms with E-state index in [0.29, 0.717) is 23.7 Å². The molecule has 0 atom stereocenters. The fourth-order valence-corrected chi connectivity index (χ4v) is 5.40. The van der Waals surface area contributed by atoms with Gasteiger partial charge < -0.3 is 10.2 Å². The van der Waals surface area contributed by atoms with Crippen LogP contribution in [0.25, 0.3) is 10.8 Å². The molecule has 5 heteroatoms. The van der Waals surface area contributed by atoms with Crippen LogP contribution in [0.1, 0.15) is 128 Å². The van der Waals surface area contributed by atoms with E-state index >= 15 is 0 Å². The molecule has 0 spiro atoms. The number of hydrogen-bond donors (Lipinski definition) is 0. The average Bonchev–Trinajstić information content (AvgIpc) is 2.97. The van der Waals surface area contributed by atoms with E-state index in [2.05, 4.69) is 106 Å². The monoisotopic (exact) mass is 648 g/mol. The largest absolute Gasteiger partial charge is 2.00 e. The van der Waals surface area contributed by atoms with Gasteiger partial charge in [-0.3, -0.25) is 9.98 Å². The van der Waals surface area contributed by atoms with E-state index in [1.807, 2.05) is 24.3 Å². The van der Waals surface area contributed by atoms with E-state index in [0.717, 1.165) is 46.4 Å². The number of benzene rings is 4. The van der Waals surface area contributed by atoms with Gasteiger partial charge in [0.15, 0.2) is 0 Å². The average molecular weight is 650 g/mol. The van der Waals surface area contributed by atoms with E-state index in [1.165, 1.54) is 34.4 Å². The zero-order chi connectivity index (χ0) is 32.6. The molecule has 4 aromatic rings. The van der Waals surface area contributed by atoms with E-state index < -0.39 is 11.5 Å². The fraction of sp³-hybridized carbons (Fsp3) is 0.400. The quantitative estimate of drug-likeness (QED) is 0.134. The van der Waals surface area contributed by atoms with Crippen LogP contribution in [0.15, 0.2) is 82.8 Å². The topological polar surface area (TPSA) is 70.8 Å². The van der Waals surface area contributed by atoms with Gasteiger partial charge in [-0.1, -0.05) is 142 Å². The molecule has 0 aliphatic carbocycles. The summed E-state index contributed by atoms with van der Waals surface area (Å²) in [6, 6.07) is 23.3. The first-order valence-corrected chi connectivity index (χ1v) is 16.1. The summed E-state index contributed by atoms with van der Waals surface area (Å²) in [6.07, 6.45) is 1.98. The van der Waals surface area contributed by atoms with Crippen LogP contribution in [0.4, 0.5) is 11.4 Å². The molecule has 4 nitrogen and oxygen atoms in total. The summed E-state index contributed by atoms with van der Waals surface area (Å²) in [5.41, 5.74) is 9.71. The fourth-order valence-electron chi connectivity index (χ4n) is 5.40. The molecule has 0 aliphatic rings. The van der Waals surface area contributed by atoms with Gasteiger partial charge in [-0.05, 0) is 70.0 Å². The summed E-state index contributed by atoms with van der Waals surface area (Å²) in [5.74, 6) is 0.855. The maximum Gasteiger partial charge on any atom is 2.00 e. The van der Waals surface area contributed by atoms with Crippen molar-refractivity contribution in [1.29, 1.82) is 0 Å². The number of rotatable bonds is 9. The van der Waals surface area contributed by atoms with Crippen molar-refractivity contribution in [2.75, 3.05) is 0 Å². The third kappa shape index (κ3) is 9.78. The summed E-state index contributed by atoms with van der Waals surface area (Å²) in [4.78, 5) is 10.6. The molecule has 0 bridgehead atoms. The third-order valence-electron chi connectivity index (χ3n) is 7.93. The molecule has 0 fully saturated rings. The molecule has 0 unspecified atom stereocenters. The molecule has 0 heterocycles. The first-order chi connectivity index (χ1) is 20.8. The number of hydrogen-bond acceptors (Lipinski definition) is 4. The number of aliphatic imine (C=N–C) groups is 2. The van der Waals surface area contributed by atoms with E-state index in [9.17, 15) is 10.2 Å². The molecule has 0 N–H and O–H groups in total. The maximum atomic E-state index is 10.9. The Balaban J connectivity index is 0.000000450. The van der Waals surface area contributed by atoms with Gasteiger partial charge >= 0.3 is 16.5 Å². The Morgan fingerprint density at radius 3 is 1.27 bits per heavy atom. The number of para-hydroxylation sites is 2. The first-order valence-electron chi connectivity index (χ1n) is 16.1. The van der Waals surface area contributed by atoms with Gasteiger partial charge in [0.2, 0.25) is 0 Å². The van der Waals surface area contributed by atoms with Crippen LogP contribution in [0.2, 0.25) is 0 Å². The van der Waals surface area contributed by atoms with Gasteiger partial charge in [0.25, 0.3) is 0 Å². The standard InChI is InChI=1S/C30H44N2.C10H8O2.Ni/c1-11-14-28(32-30-26(21(6)7)17-13-18-27(30)22(8)9)23(10)31-29-24(19(2)3)15-12-16-25(29)20(4)5;11-9-5-7-3-1-2-4-8(7)6-10(9)12;/h12-13,15-22H,11,14H2,1-10H3;1-6,11-12H;/q;;+2/p-2. The molecular weight excluding hydrogens is 599 g/mol. The SMILES string of the molecule is CCCC(=Nc1c(C(C)C)cccc1C(C)C)C(C)=Nc1c(C(C)C)cccc1C(C)C.[Ni+2].[O-]c1cc2ccccc2cc1[O-]. The van der Waals surface area contributed by atoms with Crippen molar-refractivity contribution in [1.82, 2.24) is 0 Å². The van der Waals surface area contributed by atoms with Crippen molar-refractivity contribution in [3.8, 4) is 11.5 Å². The predicted molar refractivity (Wildman–Crippen MR) is 187 cm³/mol. The molecule has 0 radical (unpaired) electrons. The summed E-state index contributed by atoms with van der Waals surface area (Å²) in [7, 11) is 0. The van der Waals surface area contributed by atoms with Crippen LogP contribution in [-0.4, -0.2) is 11.4 Å². The summed E-state index contributed by atoms with van der Waals surface area (Å²) in [5, 5.41) is 23.5. The zero-order valence-electron chi connectivity index (χ0n) is 28.7. The van der Waals surface area contributed by atoms with Gasteiger partial charge in [-0.25, -0.2) is 0 Å². The predicted octanol–water partition coefficient (Wildman–Crippen LogP) is 10.8. The van der Waals surface area contributed by atoms with E-state index in [4.69, 9.17) is 9.98 Å². The van der Waals surface area contributed by atoms with Crippen molar-refractivity contribution < 1.29 is 26.7 Å². The van der Waals surface area contributed by atoms with Crippen LogP contribution in [0.3, 0.4) is 0 Å². The molecule has 0 saturated heterocycles. The second-order valence-corrected chi connectivity index (χ2v) is 12.8. The molecule has 45 heavy (non-hydrogen) atoms. The Morgan fingerprint density at radius 2 is 0.933 bits per heavy atom. The second-order valence-electron chi connectivity index (χ2n) is 12.8. The van der Waals surface area contributed by atoms with Crippen molar-refractivity contribution in [3.63, 3.8) is 0 Å². The minimum Gasteiger partial charge on any atom is -0.873 e. The Hall–Kier alpha value is -3.43. The number of fused-ring (bicyclic) bond motifs is 1. The molecule has 0 amide bonds. The smallest absolute Gasteiger partial charge is 0.873 e. The Kier molecular flexibility index (Phi) is 14.5. The van der Waals surface area contributed by atoms with Crippen molar-refractivity contribution in [3.05, 3.63) is 95.1 Å². The summed E-state index contributed by atoms with van der Waals surface area (Å²) >= 11 is 0. The number of nitrogens with zero attached hydrogens (tertiary/aromatic N) is 2. The maximum absolute atomic E-state index is 10.9. The zero-order valence-corrected chi connectivity index (χ0v) is 29.7. The van der Waals surface area contributed by atoms with Crippen LogP contribution in [0.5, 0.6) is 11.5 Å². The Labute approximate surface area is 281 Å². The van der Waals surface area contributed by atoms with Gasteiger partial charge in [0, 0.05) is 0 Å². The minimum absolute atomic E-state index is 0. The van der Waals surface area contributed by atoms with Crippen molar-refractivity contribution in [2.24, 2.45) is 9.98 Å². The van der Waals surface area contributed by atoms with Crippen LogP contribution in [0, 0.1) is 0 Å². The van der Waals surface area contributed by atoms with E-state index in [1.54, 1.807) is 0 Å². The van der Waals surface area contributed by atoms with Gasteiger partial charge in [-0.15, -0.1) is 11.5 Å². The van der Waals surface area contributed by atoms with Gasteiger partial charge in [-0.2, -0.15) is 0 Å². The Morgan fingerprint density at radius 1 is 0.578 bits per heavy atom. The second kappa shape index (κ2) is 17.3. The van der Waals surface area contributed by atoms with Crippen LogP contribution < -0.4 is 10.2 Å². The van der Waals surface area contributed by atoms with Crippen LogP contribution >= 0.6 is 0 Å². The van der Waals surface area contributed by atoms with Gasteiger partial charge in [0.05, 0.1) is 22.8 Å². The molecule has 4 rings (SSSR count). The van der Waals surface area contributed by atoms with Crippen molar-refractivity contribution in [2.45, 2.75) is 106 Å². The summed E-state index contributed by atoms with van der Waals surface area (Å²) in [6.45, 7) is 22.4. The van der Waals surface area contributed by atoms with Crippen molar-refractivity contribution >= 4 is 33.6 Å². The molecule has 4 aromatic carbocycles. The normalized spacial score (nSPS) is 12.1. The van der Waals surface area contributed by atoms with Crippen LogP contribution in [-0.2, 0) is 16.5 Å². The first kappa shape index (κ1) is 37.8. The minimum atomic E-state index is -0.436. The van der Waals surface area contributed by atoms with E-state index in [-0.39, 0.29) is 16.5 Å². The van der Waals surface area contributed by atoms with Gasteiger partial charge in [0.1, 0.15) is 0 Å². The summed E-state index contributed by atoms with van der Waals surface area (Å²) < 4.78 is 0. The molecule has 0 saturated carbocycles. The molecular formula is C40H50N2NiO2. The molecule has 0 aliphatic heterocycles. The third-order valence-corrected chi connectivity index (χ3v) is 7.93. The molecule has 0 aromatic heterocycles. The molecule has 242 valence electrons. The Bertz CT molecular complexity index is 1520.